The fourth-order valence-corrected chi connectivity index (χ4v) is 3.82. The van der Waals surface area contributed by atoms with E-state index in [2.05, 4.69) is 11.8 Å². The molecule has 0 spiro atoms. The van der Waals surface area contributed by atoms with Crippen LogP contribution in [-0.4, -0.2) is 31.1 Å². The van der Waals surface area contributed by atoms with Crippen LogP contribution in [0.1, 0.15) is 58.3 Å². The lowest BCUT2D eigenvalue weighted by Crippen LogP contribution is -2.41. The lowest BCUT2D eigenvalue weighted by molar-refractivity contribution is 0.160. The minimum absolute atomic E-state index is 0.478. The highest BCUT2D eigenvalue weighted by Gasteiger charge is 2.34. The van der Waals surface area contributed by atoms with Crippen LogP contribution in [0.4, 0.5) is 0 Å². The Morgan fingerprint density at radius 2 is 1.88 bits per heavy atom. The number of rotatable bonds is 4. The van der Waals surface area contributed by atoms with Gasteiger partial charge in [-0.05, 0) is 63.1 Å². The van der Waals surface area contributed by atoms with Crippen molar-refractivity contribution in [3.05, 3.63) is 0 Å². The maximum atomic E-state index is 6.05. The van der Waals surface area contributed by atoms with E-state index < -0.39 is 0 Å². The van der Waals surface area contributed by atoms with E-state index in [1.54, 1.807) is 0 Å². The molecule has 0 radical (unpaired) electrons. The van der Waals surface area contributed by atoms with Crippen molar-refractivity contribution < 1.29 is 0 Å². The summed E-state index contributed by atoms with van der Waals surface area (Å²) < 4.78 is 0. The van der Waals surface area contributed by atoms with Crippen molar-refractivity contribution in [2.24, 2.45) is 17.1 Å². The molecule has 2 N–H and O–H groups in total. The van der Waals surface area contributed by atoms with Gasteiger partial charge in [-0.3, -0.25) is 0 Å². The highest BCUT2D eigenvalue weighted by molar-refractivity contribution is 4.89. The zero-order chi connectivity index (χ0) is 12.1. The molecule has 2 nitrogen and oxygen atoms in total. The molecule has 1 atom stereocenters. The van der Waals surface area contributed by atoms with Crippen LogP contribution in [0.5, 0.6) is 0 Å². The molecule has 17 heavy (non-hydrogen) atoms. The van der Waals surface area contributed by atoms with Gasteiger partial charge in [0, 0.05) is 6.54 Å². The monoisotopic (exact) mass is 238 g/mol. The first-order chi connectivity index (χ1) is 8.28. The predicted octanol–water partition coefficient (Wildman–Crippen LogP) is 3.02. The van der Waals surface area contributed by atoms with Gasteiger partial charge in [0.05, 0.1) is 0 Å². The van der Waals surface area contributed by atoms with E-state index in [1.807, 2.05) is 0 Å². The van der Waals surface area contributed by atoms with Crippen molar-refractivity contribution >= 4 is 0 Å². The summed E-state index contributed by atoms with van der Waals surface area (Å²) >= 11 is 0. The Bertz CT molecular complexity index is 221. The van der Waals surface area contributed by atoms with E-state index in [4.69, 9.17) is 5.73 Å². The fraction of sp³-hybridized carbons (Fsp3) is 1.00. The molecular weight excluding hydrogens is 208 g/mol. The number of likely N-dealkylation sites (tertiary alicyclic amines) is 1. The molecule has 1 saturated carbocycles. The molecule has 2 fully saturated rings. The quantitative estimate of drug-likeness (QED) is 0.816. The van der Waals surface area contributed by atoms with Gasteiger partial charge in [0.25, 0.3) is 0 Å². The van der Waals surface area contributed by atoms with Crippen molar-refractivity contribution in [2.45, 2.75) is 58.3 Å². The van der Waals surface area contributed by atoms with Gasteiger partial charge in [0.15, 0.2) is 0 Å². The normalized spacial score (nSPS) is 30.4. The number of hydrogen-bond donors (Lipinski definition) is 1. The van der Waals surface area contributed by atoms with Crippen molar-refractivity contribution in [2.75, 3.05) is 26.2 Å². The zero-order valence-corrected chi connectivity index (χ0v) is 11.6. The van der Waals surface area contributed by atoms with Gasteiger partial charge in [0.1, 0.15) is 0 Å². The molecular formula is C15H30N2. The first-order valence-electron chi connectivity index (χ1n) is 7.70. The van der Waals surface area contributed by atoms with Crippen molar-refractivity contribution in [1.29, 1.82) is 0 Å². The third kappa shape index (κ3) is 3.45. The molecule has 2 heteroatoms. The second-order valence-electron chi connectivity index (χ2n) is 6.39. The third-order valence-electron chi connectivity index (χ3n) is 5.17. The summed E-state index contributed by atoms with van der Waals surface area (Å²) in [5.74, 6) is 0.984. The van der Waals surface area contributed by atoms with Crippen LogP contribution in [0.25, 0.3) is 0 Å². The summed E-state index contributed by atoms with van der Waals surface area (Å²) in [7, 11) is 0. The van der Waals surface area contributed by atoms with Crippen LogP contribution in [0.15, 0.2) is 0 Å². The van der Waals surface area contributed by atoms with Gasteiger partial charge in [-0.2, -0.15) is 0 Å². The molecule has 0 amide bonds. The van der Waals surface area contributed by atoms with Gasteiger partial charge >= 0.3 is 0 Å². The molecule has 0 aromatic rings. The summed E-state index contributed by atoms with van der Waals surface area (Å²) in [6.45, 7) is 7.16. The van der Waals surface area contributed by atoms with Crippen LogP contribution >= 0.6 is 0 Å². The fourth-order valence-electron chi connectivity index (χ4n) is 3.82. The Kier molecular flexibility index (Phi) is 4.87. The number of nitrogens with two attached hydrogens (primary N) is 1. The first-order valence-corrected chi connectivity index (χ1v) is 7.70. The van der Waals surface area contributed by atoms with Crippen LogP contribution in [0, 0.1) is 11.3 Å². The average molecular weight is 238 g/mol. The number of hydrogen-bond acceptors (Lipinski definition) is 2. The topological polar surface area (TPSA) is 29.3 Å². The SMILES string of the molecule is CCC1CCCN(CC2(CN)CCCC2)CC1. The summed E-state index contributed by atoms with van der Waals surface area (Å²) in [6, 6.07) is 0. The lowest BCUT2D eigenvalue weighted by atomic mass is 9.85. The standard InChI is InChI=1S/C15H30N2/c1-2-14-6-5-10-17(11-7-14)13-15(12-16)8-3-4-9-15/h14H,2-13,16H2,1H3. The van der Waals surface area contributed by atoms with E-state index in [1.165, 1.54) is 71.0 Å². The molecule has 100 valence electrons. The molecule has 1 unspecified atom stereocenters. The third-order valence-corrected chi connectivity index (χ3v) is 5.17. The van der Waals surface area contributed by atoms with Gasteiger partial charge in [-0.15, -0.1) is 0 Å². The lowest BCUT2D eigenvalue weighted by Gasteiger charge is -2.34. The largest absolute Gasteiger partial charge is 0.330 e. The minimum Gasteiger partial charge on any atom is -0.330 e. The van der Waals surface area contributed by atoms with E-state index in [9.17, 15) is 0 Å². The molecule has 1 saturated heterocycles. The molecule has 0 aromatic heterocycles. The van der Waals surface area contributed by atoms with E-state index in [0.29, 0.717) is 5.41 Å². The summed E-state index contributed by atoms with van der Waals surface area (Å²) in [6.07, 6.45) is 11.2. The van der Waals surface area contributed by atoms with Gasteiger partial charge in [-0.1, -0.05) is 26.2 Å². The van der Waals surface area contributed by atoms with Crippen molar-refractivity contribution in [1.82, 2.24) is 4.90 Å². The first kappa shape index (κ1) is 13.4. The van der Waals surface area contributed by atoms with Crippen LogP contribution in [0.2, 0.25) is 0 Å². The molecule has 2 aliphatic rings. The summed E-state index contributed by atoms with van der Waals surface area (Å²) in [4.78, 5) is 2.72. The highest BCUT2D eigenvalue weighted by atomic mass is 15.1. The molecule has 1 aliphatic heterocycles. The Balaban J connectivity index is 1.85. The molecule has 0 aromatic carbocycles. The van der Waals surface area contributed by atoms with Crippen molar-refractivity contribution in [3.8, 4) is 0 Å². The van der Waals surface area contributed by atoms with Gasteiger partial charge in [-0.25, -0.2) is 0 Å². The number of nitrogens with zero attached hydrogens (tertiary/aromatic N) is 1. The Morgan fingerprint density at radius 3 is 2.53 bits per heavy atom. The molecule has 1 aliphatic carbocycles. The molecule has 0 bridgehead atoms. The summed E-state index contributed by atoms with van der Waals surface area (Å²) in [5, 5.41) is 0. The second-order valence-corrected chi connectivity index (χ2v) is 6.39. The van der Waals surface area contributed by atoms with E-state index in [0.717, 1.165) is 12.5 Å². The average Bonchev–Trinajstić information content (AvgIpc) is 2.70. The Morgan fingerprint density at radius 1 is 1.12 bits per heavy atom. The van der Waals surface area contributed by atoms with E-state index >= 15 is 0 Å². The van der Waals surface area contributed by atoms with Crippen molar-refractivity contribution in [3.63, 3.8) is 0 Å². The smallest absolute Gasteiger partial charge is 0.00501 e. The Hall–Kier alpha value is -0.0800. The maximum absolute atomic E-state index is 6.05. The van der Waals surface area contributed by atoms with Crippen LogP contribution in [0.3, 0.4) is 0 Å². The highest BCUT2D eigenvalue weighted by Crippen LogP contribution is 2.38. The van der Waals surface area contributed by atoms with E-state index in [-0.39, 0.29) is 0 Å². The summed E-state index contributed by atoms with van der Waals surface area (Å²) in [5.41, 5.74) is 6.53. The Labute approximate surface area is 107 Å². The minimum atomic E-state index is 0.478. The molecule has 1 heterocycles. The maximum Gasteiger partial charge on any atom is 0.00501 e. The second kappa shape index (κ2) is 6.19. The van der Waals surface area contributed by atoms with Gasteiger partial charge < -0.3 is 10.6 Å². The molecule has 2 rings (SSSR count). The predicted molar refractivity (Wildman–Crippen MR) is 74.0 cm³/mol. The van der Waals surface area contributed by atoms with Crippen LogP contribution < -0.4 is 5.73 Å². The zero-order valence-electron chi connectivity index (χ0n) is 11.6. The van der Waals surface area contributed by atoms with Crippen LogP contribution in [-0.2, 0) is 0 Å². The van der Waals surface area contributed by atoms with Gasteiger partial charge in [0.2, 0.25) is 0 Å².